The van der Waals surface area contributed by atoms with E-state index in [1.54, 1.807) is 37.6 Å². The molecule has 0 radical (unpaired) electrons. The first-order chi connectivity index (χ1) is 9.85. The summed E-state index contributed by atoms with van der Waals surface area (Å²) in [6.45, 7) is 3.35. The highest BCUT2D eigenvalue weighted by Gasteiger charge is 2.24. The number of carboxylic acid groups (broad SMARTS) is 1. The van der Waals surface area contributed by atoms with Gasteiger partial charge in [0.1, 0.15) is 0 Å². The number of carbonyl (C=O) groups excluding carboxylic acids is 1. The molecule has 7 heteroatoms. The summed E-state index contributed by atoms with van der Waals surface area (Å²) in [6.07, 6.45) is 1.55. The van der Waals surface area contributed by atoms with Gasteiger partial charge in [0.2, 0.25) is 5.91 Å². The largest absolute Gasteiger partial charge is 0.481 e. The third kappa shape index (κ3) is 4.42. The second-order valence-corrected chi connectivity index (χ2v) is 6.16. The number of carbonyl (C=O) groups is 2. The minimum absolute atomic E-state index is 0.111. The van der Waals surface area contributed by atoms with Gasteiger partial charge in [-0.05, 0) is 26.0 Å². The van der Waals surface area contributed by atoms with Crippen LogP contribution in [0.1, 0.15) is 26.0 Å². The van der Waals surface area contributed by atoms with Gasteiger partial charge in [0.25, 0.3) is 0 Å². The number of furan rings is 1. The predicted molar refractivity (Wildman–Crippen MR) is 78.0 cm³/mol. The van der Waals surface area contributed by atoms with Crippen LogP contribution in [-0.2, 0) is 16.0 Å². The van der Waals surface area contributed by atoms with Crippen molar-refractivity contribution >= 4 is 23.2 Å². The standard InChI is InChI=1S/C14H16N2O4S/c1-14(2,7-12(18)19)16-11(17)6-9-8-21-13(15-9)10-4-3-5-20-10/h3-5,8H,6-7H2,1-2H3,(H,16,17)(H,18,19). The average molecular weight is 308 g/mol. The van der Waals surface area contributed by atoms with E-state index in [0.29, 0.717) is 16.5 Å². The van der Waals surface area contributed by atoms with E-state index >= 15 is 0 Å². The highest BCUT2D eigenvalue weighted by Crippen LogP contribution is 2.24. The zero-order chi connectivity index (χ0) is 15.5. The molecule has 6 nitrogen and oxygen atoms in total. The van der Waals surface area contributed by atoms with Crippen molar-refractivity contribution in [2.75, 3.05) is 0 Å². The molecule has 0 fully saturated rings. The smallest absolute Gasteiger partial charge is 0.305 e. The topological polar surface area (TPSA) is 92.4 Å². The van der Waals surface area contributed by atoms with Gasteiger partial charge >= 0.3 is 5.97 Å². The molecule has 0 aliphatic heterocycles. The molecule has 0 atom stereocenters. The van der Waals surface area contributed by atoms with Crippen molar-refractivity contribution in [3.63, 3.8) is 0 Å². The molecule has 0 spiro atoms. The summed E-state index contributed by atoms with van der Waals surface area (Å²) < 4.78 is 5.24. The van der Waals surface area contributed by atoms with Gasteiger partial charge in [-0.15, -0.1) is 11.3 Å². The van der Waals surface area contributed by atoms with Crippen LogP contribution in [0.2, 0.25) is 0 Å². The molecule has 2 heterocycles. The van der Waals surface area contributed by atoms with Gasteiger partial charge < -0.3 is 14.8 Å². The summed E-state index contributed by atoms with van der Waals surface area (Å²) in [5.74, 6) is -0.538. The first-order valence-electron chi connectivity index (χ1n) is 6.37. The van der Waals surface area contributed by atoms with E-state index in [9.17, 15) is 9.59 Å². The van der Waals surface area contributed by atoms with Crippen LogP contribution in [0.5, 0.6) is 0 Å². The Kier molecular flexibility index (Phi) is 4.42. The highest BCUT2D eigenvalue weighted by atomic mass is 32.1. The number of aromatic nitrogens is 1. The van der Waals surface area contributed by atoms with Crippen molar-refractivity contribution < 1.29 is 19.1 Å². The summed E-state index contributed by atoms with van der Waals surface area (Å²) in [7, 11) is 0. The van der Waals surface area contributed by atoms with Gasteiger partial charge in [0.15, 0.2) is 10.8 Å². The molecule has 0 aliphatic rings. The first kappa shape index (κ1) is 15.2. The van der Waals surface area contributed by atoms with Crippen LogP contribution in [0.15, 0.2) is 28.2 Å². The third-order valence-corrected chi connectivity index (χ3v) is 3.60. The molecule has 0 saturated heterocycles. The molecule has 2 rings (SSSR count). The first-order valence-corrected chi connectivity index (χ1v) is 7.25. The number of nitrogens with one attached hydrogen (secondary N) is 1. The lowest BCUT2D eigenvalue weighted by Crippen LogP contribution is -2.45. The minimum atomic E-state index is -0.950. The Bertz CT molecular complexity index is 631. The molecule has 0 aliphatic carbocycles. The average Bonchev–Trinajstić information content (AvgIpc) is 2.94. The molecule has 112 valence electrons. The van der Waals surface area contributed by atoms with E-state index in [4.69, 9.17) is 9.52 Å². The molecule has 0 saturated carbocycles. The van der Waals surface area contributed by atoms with Gasteiger partial charge in [-0.2, -0.15) is 0 Å². The van der Waals surface area contributed by atoms with E-state index < -0.39 is 11.5 Å². The molecule has 0 bridgehead atoms. The number of thiazole rings is 1. The summed E-state index contributed by atoms with van der Waals surface area (Å²) in [5, 5.41) is 14.0. The van der Waals surface area contributed by atoms with Crippen LogP contribution in [0.25, 0.3) is 10.8 Å². The molecular formula is C14H16N2O4S. The third-order valence-electron chi connectivity index (χ3n) is 2.70. The molecule has 0 unspecified atom stereocenters. The van der Waals surface area contributed by atoms with Crippen molar-refractivity contribution in [2.45, 2.75) is 32.2 Å². The molecule has 0 aromatic carbocycles. The van der Waals surface area contributed by atoms with Crippen LogP contribution in [0.4, 0.5) is 0 Å². The SMILES string of the molecule is CC(C)(CC(=O)O)NC(=O)Cc1csc(-c2ccco2)n1. The lowest BCUT2D eigenvalue weighted by Gasteiger charge is -2.23. The summed E-state index contributed by atoms with van der Waals surface area (Å²) >= 11 is 1.40. The van der Waals surface area contributed by atoms with E-state index in [1.807, 2.05) is 0 Å². The van der Waals surface area contributed by atoms with Gasteiger partial charge in [0, 0.05) is 10.9 Å². The van der Waals surface area contributed by atoms with Gasteiger partial charge in [-0.25, -0.2) is 4.98 Å². The Morgan fingerprint density at radius 1 is 1.48 bits per heavy atom. The fourth-order valence-electron chi connectivity index (χ4n) is 1.91. The lowest BCUT2D eigenvalue weighted by molar-refractivity contribution is -0.138. The van der Waals surface area contributed by atoms with Crippen LogP contribution in [-0.4, -0.2) is 27.5 Å². The molecule has 2 aromatic rings. The highest BCUT2D eigenvalue weighted by molar-refractivity contribution is 7.13. The fourth-order valence-corrected chi connectivity index (χ4v) is 2.70. The quantitative estimate of drug-likeness (QED) is 0.854. The van der Waals surface area contributed by atoms with Crippen LogP contribution in [0, 0.1) is 0 Å². The Morgan fingerprint density at radius 3 is 2.86 bits per heavy atom. The Hall–Kier alpha value is -2.15. The second-order valence-electron chi connectivity index (χ2n) is 5.30. The number of amides is 1. The van der Waals surface area contributed by atoms with Crippen molar-refractivity contribution in [1.82, 2.24) is 10.3 Å². The zero-order valence-corrected chi connectivity index (χ0v) is 12.6. The van der Waals surface area contributed by atoms with Crippen molar-refractivity contribution in [3.05, 3.63) is 29.5 Å². The molecular weight excluding hydrogens is 292 g/mol. The monoisotopic (exact) mass is 308 g/mol. The van der Waals surface area contributed by atoms with Crippen molar-refractivity contribution in [1.29, 1.82) is 0 Å². The van der Waals surface area contributed by atoms with Gasteiger partial charge in [-0.1, -0.05) is 0 Å². The number of hydrogen-bond donors (Lipinski definition) is 2. The van der Waals surface area contributed by atoms with E-state index in [0.717, 1.165) is 0 Å². The van der Waals surface area contributed by atoms with E-state index in [-0.39, 0.29) is 18.7 Å². The minimum Gasteiger partial charge on any atom is -0.481 e. The van der Waals surface area contributed by atoms with E-state index in [2.05, 4.69) is 10.3 Å². The number of carboxylic acids is 1. The number of nitrogens with zero attached hydrogens (tertiary/aromatic N) is 1. The lowest BCUT2D eigenvalue weighted by atomic mass is 10.0. The van der Waals surface area contributed by atoms with Gasteiger partial charge in [0.05, 0.1) is 24.8 Å². The van der Waals surface area contributed by atoms with Gasteiger partial charge in [-0.3, -0.25) is 9.59 Å². The Balaban J connectivity index is 1.96. The number of aliphatic carboxylic acids is 1. The van der Waals surface area contributed by atoms with Crippen molar-refractivity contribution in [3.8, 4) is 10.8 Å². The number of rotatable bonds is 6. The molecule has 21 heavy (non-hydrogen) atoms. The summed E-state index contributed by atoms with van der Waals surface area (Å²) in [5.41, 5.74) is -0.155. The molecule has 1 amide bonds. The van der Waals surface area contributed by atoms with Crippen LogP contribution >= 0.6 is 11.3 Å². The van der Waals surface area contributed by atoms with Crippen LogP contribution in [0.3, 0.4) is 0 Å². The number of hydrogen-bond acceptors (Lipinski definition) is 5. The second kappa shape index (κ2) is 6.09. The molecule has 2 aromatic heterocycles. The Labute approximate surface area is 125 Å². The molecule has 2 N–H and O–H groups in total. The maximum Gasteiger partial charge on any atom is 0.305 e. The summed E-state index contributed by atoms with van der Waals surface area (Å²) in [6, 6.07) is 3.58. The maximum atomic E-state index is 11.9. The van der Waals surface area contributed by atoms with Crippen LogP contribution < -0.4 is 5.32 Å². The maximum absolute atomic E-state index is 11.9. The normalized spacial score (nSPS) is 11.3. The Morgan fingerprint density at radius 2 is 2.24 bits per heavy atom. The zero-order valence-electron chi connectivity index (χ0n) is 11.8. The summed E-state index contributed by atoms with van der Waals surface area (Å²) in [4.78, 5) is 27.0. The fraction of sp³-hybridized carbons (Fsp3) is 0.357. The van der Waals surface area contributed by atoms with E-state index in [1.165, 1.54) is 11.3 Å². The predicted octanol–water partition coefficient (Wildman–Crippen LogP) is 2.32. The van der Waals surface area contributed by atoms with Crippen molar-refractivity contribution in [2.24, 2.45) is 0 Å².